The van der Waals surface area contributed by atoms with Crippen LogP contribution < -0.4 is 0 Å². The van der Waals surface area contributed by atoms with Gasteiger partial charge in [0.05, 0.1) is 0 Å². The summed E-state index contributed by atoms with van der Waals surface area (Å²) in [7, 11) is 0. The molecule has 3 fully saturated rings. The molecule has 3 saturated heterocycles. The first-order valence-electron chi connectivity index (χ1n) is 5.96. The number of nitrogens with zero attached hydrogens (tertiary/aromatic N) is 1. The largest absolute Gasteiger partial charge is 0.302 e. The monoisotopic (exact) mass is 297 g/mol. The Balaban J connectivity index is 1.71. The van der Waals surface area contributed by atoms with Crippen molar-refractivity contribution in [3.63, 3.8) is 0 Å². The summed E-state index contributed by atoms with van der Waals surface area (Å²) in [4.78, 5) is 4.03. The molecule has 0 amide bonds. The highest BCUT2D eigenvalue weighted by molar-refractivity contribution is 9.10. The van der Waals surface area contributed by atoms with Gasteiger partial charge in [0.1, 0.15) is 0 Å². The van der Waals surface area contributed by atoms with Gasteiger partial charge in [-0.15, -0.1) is 11.8 Å². The molecule has 3 aliphatic heterocycles. The van der Waals surface area contributed by atoms with Crippen LogP contribution in [0, 0.1) is 5.92 Å². The Bertz CT molecular complexity index is 374. The predicted molar refractivity (Wildman–Crippen MR) is 73.0 cm³/mol. The molecule has 3 heteroatoms. The van der Waals surface area contributed by atoms with Crippen molar-refractivity contribution in [1.29, 1.82) is 0 Å². The zero-order chi connectivity index (χ0) is 11.0. The molecule has 0 N–H and O–H groups in total. The normalized spacial score (nSPS) is 32.9. The first kappa shape index (κ1) is 11.1. The number of benzene rings is 1. The van der Waals surface area contributed by atoms with E-state index in [1.165, 1.54) is 41.8 Å². The number of thioether (sulfide) groups is 1. The molecular weight excluding hydrogens is 282 g/mol. The topological polar surface area (TPSA) is 3.24 Å². The number of fused-ring (bicyclic) bond motifs is 3. The molecule has 0 radical (unpaired) electrons. The second kappa shape index (κ2) is 4.71. The van der Waals surface area contributed by atoms with Crippen LogP contribution in [-0.4, -0.2) is 29.8 Å². The van der Waals surface area contributed by atoms with E-state index in [4.69, 9.17) is 0 Å². The summed E-state index contributed by atoms with van der Waals surface area (Å²) in [5, 5.41) is 0.816. The summed E-state index contributed by atoms with van der Waals surface area (Å²) < 4.78 is 1.19. The Labute approximate surface area is 110 Å². The van der Waals surface area contributed by atoms with Gasteiger partial charge in [0.15, 0.2) is 0 Å². The fourth-order valence-corrected chi connectivity index (χ4v) is 4.76. The molecule has 1 aromatic rings. The summed E-state index contributed by atoms with van der Waals surface area (Å²) in [5.74, 6) is 0.953. The second-order valence-electron chi connectivity index (χ2n) is 4.75. The van der Waals surface area contributed by atoms with E-state index in [2.05, 4.69) is 56.9 Å². The molecule has 3 heterocycles. The number of piperidine rings is 3. The molecule has 0 aliphatic carbocycles. The Kier molecular flexibility index (Phi) is 3.27. The highest BCUT2D eigenvalue weighted by Gasteiger charge is 2.34. The molecule has 3 aliphatic rings. The molecule has 0 unspecified atom stereocenters. The minimum Gasteiger partial charge on any atom is -0.302 e. The van der Waals surface area contributed by atoms with Crippen molar-refractivity contribution in [1.82, 2.24) is 4.90 Å². The number of halogens is 1. The van der Waals surface area contributed by atoms with Gasteiger partial charge in [-0.2, -0.15) is 0 Å². The quantitative estimate of drug-likeness (QED) is 0.820. The molecule has 2 bridgehead atoms. The van der Waals surface area contributed by atoms with E-state index in [9.17, 15) is 0 Å². The lowest BCUT2D eigenvalue weighted by Gasteiger charge is -2.44. The van der Waals surface area contributed by atoms with Crippen molar-refractivity contribution < 1.29 is 0 Å². The summed E-state index contributed by atoms with van der Waals surface area (Å²) in [5.41, 5.74) is 0. The number of rotatable bonds is 2. The van der Waals surface area contributed by atoms with E-state index in [1.807, 2.05) is 0 Å². The van der Waals surface area contributed by atoms with E-state index in [0.717, 1.165) is 11.2 Å². The van der Waals surface area contributed by atoms with Crippen molar-refractivity contribution in [2.75, 3.05) is 19.6 Å². The highest BCUT2D eigenvalue weighted by atomic mass is 79.9. The molecule has 4 rings (SSSR count). The lowest BCUT2D eigenvalue weighted by Crippen LogP contribution is -2.48. The van der Waals surface area contributed by atoms with Crippen molar-refractivity contribution in [2.45, 2.75) is 23.0 Å². The van der Waals surface area contributed by atoms with Gasteiger partial charge in [0, 0.05) is 21.2 Å². The summed E-state index contributed by atoms with van der Waals surface area (Å²) in [6, 6.07) is 8.70. The van der Waals surface area contributed by atoms with Gasteiger partial charge in [-0.25, -0.2) is 0 Å². The van der Waals surface area contributed by atoms with Gasteiger partial charge in [-0.3, -0.25) is 0 Å². The molecular formula is C13H16BrNS. The van der Waals surface area contributed by atoms with Crippen LogP contribution in [0.3, 0.4) is 0 Å². The maximum Gasteiger partial charge on any atom is 0.0251 e. The van der Waals surface area contributed by atoms with Crippen molar-refractivity contribution in [3.05, 3.63) is 28.7 Å². The average Bonchev–Trinajstić information content (AvgIpc) is 2.30. The zero-order valence-corrected chi connectivity index (χ0v) is 11.6. The average molecular weight is 298 g/mol. The van der Waals surface area contributed by atoms with Gasteiger partial charge >= 0.3 is 0 Å². The summed E-state index contributed by atoms with van der Waals surface area (Å²) >= 11 is 5.61. The Morgan fingerprint density at radius 3 is 2.69 bits per heavy atom. The fourth-order valence-electron chi connectivity index (χ4n) is 2.76. The van der Waals surface area contributed by atoms with E-state index >= 15 is 0 Å². The fraction of sp³-hybridized carbons (Fsp3) is 0.538. The van der Waals surface area contributed by atoms with Crippen LogP contribution in [0.5, 0.6) is 0 Å². The van der Waals surface area contributed by atoms with Crippen molar-refractivity contribution in [2.24, 2.45) is 5.92 Å². The lowest BCUT2D eigenvalue weighted by atomic mass is 9.88. The van der Waals surface area contributed by atoms with Gasteiger partial charge in [0.25, 0.3) is 0 Å². The molecule has 1 atom stereocenters. The first-order chi connectivity index (χ1) is 7.81. The third-order valence-electron chi connectivity index (χ3n) is 3.68. The van der Waals surface area contributed by atoms with E-state index in [0.29, 0.717) is 0 Å². The maximum absolute atomic E-state index is 3.54. The van der Waals surface area contributed by atoms with Gasteiger partial charge in [-0.05, 0) is 50.0 Å². The van der Waals surface area contributed by atoms with Crippen LogP contribution in [-0.2, 0) is 0 Å². The van der Waals surface area contributed by atoms with Crippen molar-refractivity contribution >= 4 is 27.7 Å². The van der Waals surface area contributed by atoms with Crippen molar-refractivity contribution in [3.8, 4) is 0 Å². The number of hydrogen-bond acceptors (Lipinski definition) is 2. The van der Waals surface area contributed by atoms with Crippen LogP contribution in [0.15, 0.2) is 33.6 Å². The summed E-state index contributed by atoms with van der Waals surface area (Å²) in [6.07, 6.45) is 2.82. The van der Waals surface area contributed by atoms with Crippen LogP contribution >= 0.6 is 27.7 Å². The van der Waals surface area contributed by atoms with Crippen LogP contribution in [0.1, 0.15) is 12.8 Å². The van der Waals surface area contributed by atoms with Crippen LogP contribution in [0.25, 0.3) is 0 Å². The minimum absolute atomic E-state index is 0.816. The van der Waals surface area contributed by atoms with Crippen LogP contribution in [0.4, 0.5) is 0 Å². The van der Waals surface area contributed by atoms with E-state index in [1.54, 1.807) is 0 Å². The maximum atomic E-state index is 3.54. The number of hydrogen-bond donors (Lipinski definition) is 0. The van der Waals surface area contributed by atoms with E-state index in [-0.39, 0.29) is 0 Å². The predicted octanol–water partition coefficient (Wildman–Crippen LogP) is 3.64. The first-order valence-corrected chi connectivity index (χ1v) is 7.63. The molecule has 0 aromatic heterocycles. The second-order valence-corrected chi connectivity index (χ2v) is 6.98. The minimum atomic E-state index is 0.816. The van der Waals surface area contributed by atoms with E-state index < -0.39 is 0 Å². The van der Waals surface area contributed by atoms with Crippen LogP contribution in [0.2, 0.25) is 0 Å². The summed E-state index contributed by atoms with van der Waals surface area (Å²) in [6.45, 7) is 3.96. The molecule has 16 heavy (non-hydrogen) atoms. The molecule has 0 saturated carbocycles. The Hall–Kier alpha value is 0.01000. The molecule has 86 valence electrons. The Morgan fingerprint density at radius 2 is 2.06 bits per heavy atom. The zero-order valence-electron chi connectivity index (χ0n) is 9.23. The molecule has 1 nitrogen and oxygen atoms in total. The lowest BCUT2D eigenvalue weighted by molar-refractivity contribution is 0.118. The standard InChI is InChI=1S/C13H16BrNS/c14-11-2-1-3-12(8-11)16-13-9-15-6-4-10(13)5-7-15/h1-3,8,10,13H,4-7,9H2/t13-/m1/s1. The van der Waals surface area contributed by atoms with Gasteiger partial charge in [-0.1, -0.05) is 22.0 Å². The Morgan fingerprint density at radius 1 is 1.25 bits per heavy atom. The molecule has 1 aromatic carbocycles. The highest BCUT2D eigenvalue weighted by Crippen LogP contribution is 2.38. The third kappa shape index (κ3) is 2.31. The SMILES string of the molecule is Brc1cccc(S[C@@H]2CN3CCC2CC3)c1. The van der Waals surface area contributed by atoms with Gasteiger partial charge in [0.2, 0.25) is 0 Å². The van der Waals surface area contributed by atoms with Gasteiger partial charge < -0.3 is 4.90 Å². The molecule has 0 spiro atoms. The third-order valence-corrected chi connectivity index (χ3v) is 5.54. The smallest absolute Gasteiger partial charge is 0.0251 e.